The number of hydrogen-bond donors (Lipinski definition) is 1. The lowest BCUT2D eigenvalue weighted by Gasteiger charge is -2.37. The Hall–Kier alpha value is -0.530. The fraction of sp³-hybridized carbons (Fsp3) is 0.625. The molecule has 0 amide bonds. The van der Waals surface area contributed by atoms with E-state index in [9.17, 15) is 0 Å². The molecule has 2 fully saturated rings. The van der Waals surface area contributed by atoms with E-state index in [4.69, 9.17) is 11.6 Å². The van der Waals surface area contributed by atoms with E-state index in [0.29, 0.717) is 11.3 Å². The molecule has 0 bridgehead atoms. The molecule has 1 N–H and O–H groups in total. The van der Waals surface area contributed by atoms with Gasteiger partial charge in [-0.1, -0.05) is 30.7 Å². The predicted molar refractivity (Wildman–Crippen MR) is 75.5 cm³/mol. The molecule has 0 unspecified atom stereocenters. The van der Waals surface area contributed by atoms with Crippen LogP contribution in [0, 0.1) is 5.41 Å². The molecule has 0 radical (unpaired) electrons. The van der Waals surface area contributed by atoms with Crippen LogP contribution in [-0.2, 0) is 6.42 Å². The van der Waals surface area contributed by atoms with Crippen molar-refractivity contribution in [3.8, 4) is 0 Å². The van der Waals surface area contributed by atoms with E-state index in [0.717, 1.165) is 17.5 Å². The molecule has 2 atom stereocenters. The summed E-state index contributed by atoms with van der Waals surface area (Å²) in [5.41, 5.74) is 4.87. The van der Waals surface area contributed by atoms with Crippen molar-refractivity contribution in [2.45, 2.75) is 44.4 Å². The van der Waals surface area contributed by atoms with Gasteiger partial charge in [-0.15, -0.1) is 0 Å². The van der Waals surface area contributed by atoms with Gasteiger partial charge in [-0.05, 0) is 53.7 Å². The van der Waals surface area contributed by atoms with Crippen LogP contribution in [0.15, 0.2) is 12.1 Å². The third-order valence-corrected chi connectivity index (χ3v) is 5.81. The molecular formula is C16H20ClN. The zero-order chi connectivity index (χ0) is 12.3. The number of halogens is 1. The number of rotatable bonds is 1. The summed E-state index contributed by atoms with van der Waals surface area (Å²) in [6, 6.07) is 4.69. The van der Waals surface area contributed by atoms with Crippen LogP contribution < -0.4 is 5.32 Å². The Balaban J connectivity index is 1.82. The molecule has 1 aromatic carbocycles. The molecule has 1 saturated carbocycles. The minimum atomic E-state index is 0.456. The van der Waals surface area contributed by atoms with Crippen LogP contribution in [0.5, 0.6) is 0 Å². The molecule has 1 saturated heterocycles. The molecule has 18 heavy (non-hydrogen) atoms. The van der Waals surface area contributed by atoms with Crippen LogP contribution in [-0.4, -0.2) is 13.1 Å². The molecule has 4 rings (SSSR count). The Morgan fingerprint density at radius 3 is 2.83 bits per heavy atom. The van der Waals surface area contributed by atoms with Crippen molar-refractivity contribution in [1.82, 2.24) is 5.32 Å². The van der Waals surface area contributed by atoms with Gasteiger partial charge in [0.2, 0.25) is 0 Å². The van der Waals surface area contributed by atoms with Gasteiger partial charge in [0.1, 0.15) is 0 Å². The lowest BCUT2D eigenvalue weighted by Crippen LogP contribution is -2.30. The number of fused-ring (bicyclic) bond motifs is 3. The number of hydrogen-bond acceptors (Lipinski definition) is 1. The highest BCUT2D eigenvalue weighted by Gasteiger charge is 2.44. The molecule has 0 spiro atoms. The Kier molecular flexibility index (Phi) is 2.35. The maximum Gasteiger partial charge on any atom is 0.0475 e. The Morgan fingerprint density at radius 2 is 2.06 bits per heavy atom. The first-order valence-corrected chi connectivity index (χ1v) is 7.59. The van der Waals surface area contributed by atoms with Gasteiger partial charge in [-0.3, -0.25) is 0 Å². The van der Waals surface area contributed by atoms with Gasteiger partial charge in [-0.25, -0.2) is 0 Å². The molecule has 2 heteroatoms. The monoisotopic (exact) mass is 261 g/mol. The van der Waals surface area contributed by atoms with Crippen molar-refractivity contribution in [3.05, 3.63) is 33.8 Å². The Labute approximate surface area is 114 Å². The summed E-state index contributed by atoms with van der Waals surface area (Å²) < 4.78 is 0. The maximum absolute atomic E-state index is 6.68. The van der Waals surface area contributed by atoms with Gasteiger partial charge >= 0.3 is 0 Å². The molecule has 1 heterocycles. The molecule has 96 valence electrons. The summed E-state index contributed by atoms with van der Waals surface area (Å²) in [6.07, 6.45) is 5.12. The molecule has 3 aliphatic rings. The van der Waals surface area contributed by atoms with Crippen LogP contribution in [0.25, 0.3) is 0 Å². The summed E-state index contributed by atoms with van der Waals surface area (Å²) in [5.74, 6) is 1.44. The first kappa shape index (κ1) is 11.3. The van der Waals surface area contributed by atoms with Crippen LogP contribution in [0.1, 0.15) is 54.7 Å². The smallest absolute Gasteiger partial charge is 0.0475 e. The summed E-state index contributed by atoms with van der Waals surface area (Å²) in [6.45, 7) is 4.73. The first-order chi connectivity index (χ1) is 8.69. The van der Waals surface area contributed by atoms with Gasteiger partial charge in [0.15, 0.2) is 0 Å². The SMILES string of the molecule is C[C@]12CCc3c(ccc(C4CC4)c3Cl)[C@@H]1CNC2. The van der Waals surface area contributed by atoms with Gasteiger partial charge < -0.3 is 5.32 Å². The third-order valence-electron chi connectivity index (χ3n) is 5.37. The lowest BCUT2D eigenvalue weighted by molar-refractivity contribution is 0.277. The van der Waals surface area contributed by atoms with Crippen molar-refractivity contribution in [1.29, 1.82) is 0 Å². The number of benzene rings is 1. The molecule has 1 nitrogen and oxygen atoms in total. The molecule has 2 aliphatic carbocycles. The minimum absolute atomic E-state index is 0.456. The second-order valence-corrected chi connectivity index (χ2v) is 7.03. The van der Waals surface area contributed by atoms with E-state index in [1.807, 2.05) is 0 Å². The van der Waals surface area contributed by atoms with Crippen molar-refractivity contribution in [2.24, 2.45) is 5.41 Å². The standard InChI is InChI=1S/C16H20ClN/c1-16-7-6-13-12(14(16)8-18-9-16)5-4-11(15(13)17)10-2-3-10/h4-5,10,14,18H,2-3,6-9H2,1H3/t14-,16+/m0/s1. The predicted octanol–water partition coefficient (Wildman–Crippen LogP) is 3.86. The van der Waals surface area contributed by atoms with Crippen LogP contribution in [0.4, 0.5) is 0 Å². The molecule has 1 aliphatic heterocycles. The third kappa shape index (κ3) is 1.50. The fourth-order valence-corrected chi connectivity index (χ4v) is 4.40. The molecule has 1 aromatic rings. The quantitative estimate of drug-likeness (QED) is 0.810. The Morgan fingerprint density at radius 1 is 1.28 bits per heavy atom. The van der Waals surface area contributed by atoms with E-state index in [-0.39, 0.29) is 0 Å². The fourth-order valence-electron chi connectivity index (χ4n) is 3.97. The van der Waals surface area contributed by atoms with Crippen molar-refractivity contribution in [3.63, 3.8) is 0 Å². The highest BCUT2D eigenvalue weighted by molar-refractivity contribution is 6.32. The van der Waals surface area contributed by atoms with Gasteiger partial charge in [-0.2, -0.15) is 0 Å². The molecular weight excluding hydrogens is 242 g/mol. The van der Waals surface area contributed by atoms with Gasteiger partial charge in [0, 0.05) is 24.0 Å². The number of nitrogens with one attached hydrogen (secondary N) is 1. The average molecular weight is 262 g/mol. The second kappa shape index (κ2) is 3.74. The summed E-state index contributed by atoms with van der Waals surface area (Å²) >= 11 is 6.68. The first-order valence-electron chi connectivity index (χ1n) is 7.21. The second-order valence-electron chi connectivity index (χ2n) is 6.65. The maximum atomic E-state index is 6.68. The van der Waals surface area contributed by atoms with Crippen molar-refractivity contribution in [2.75, 3.05) is 13.1 Å². The van der Waals surface area contributed by atoms with Crippen LogP contribution in [0.2, 0.25) is 5.02 Å². The van der Waals surface area contributed by atoms with E-state index in [1.165, 1.54) is 48.9 Å². The summed E-state index contributed by atoms with van der Waals surface area (Å²) in [7, 11) is 0. The van der Waals surface area contributed by atoms with Gasteiger partial charge in [0.25, 0.3) is 0 Å². The lowest BCUT2D eigenvalue weighted by atomic mass is 9.67. The Bertz CT molecular complexity index is 506. The highest BCUT2D eigenvalue weighted by atomic mass is 35.5. The van der Waals surface area contributed by atoms with Crippen LogP contribution in [0.3, 0.4) is 0 Å². The van der Waals surface area contributed by atoms with Crippen molar-refractivity contribution >= 4 is 11.6 Å². The largest absolute Gasteiger partial charge is 0.316 e. The minimum Gasteiger partial charge on any atom is -0.316 e. The zero-order valence-corrected chi connectivity index (χ0v) is 11.7. The zero-order valence-electron chi connectivity index (χ0n) is 10.9. The van der Waals surface area contributed by atoms with E-state index >= 15 is 0 Å². The topological polar surface area (TPSA) is 12.0 Å². The van der Waals surface area contributed by atoms with E-state index < -0.39 is 0 Å². The van der Waals surface area contributed by atoms with Crippen LogP contribution >= 0.6 is 11.6 Å². The van der Waals surface area contributed by atoms with E-state index in [1.54, 1.807) is 0 Å². The highest BCUT2D eigenvalue weighted by Crippen LogP contribution is 2.52. The van der Waals surface area contributed by atoms with Gasteiger partial charge in [0.05, 0.1) is 0 Å². The summed E-state index contributed by atoms with van der Waals surface area (Å²) in [4.78, 5) is 0. The van der Waals surface area contributed by atoms with Crippen molar-refractivity contribution < 1.29 is 0 Å². The summed E-state index contributed by atoms with van der Waals surface area (Å²) in [5, 5.41) is 4.67. The molecule has 0 aromatic heterocycles. The average Bonchev–Trinajstić information content (AvgIpc) is 3.10. The van der Waals surface area contributed by atoms with E-state index in [2.05, 4.69) is 24.4 Å². The normalized spacial score (nSPS) is 34.2.